The lowest BCUT2D eigenvalue weighted by molar-refractivity contribution is -0.140. The molecule has 0 saturated heterocycles. The molecule has 0 bridgehead atoms. The molecule has 2 aromatic rings. The van der Waals surface area contributed by atoms with Crippen LogP contribution in [0.5, 0.6) is 0 Å². The average molecular weight is 620 g/mol. The summed E-state index contributed by atoms with van der Waals surface area (Å²) in [6.07, 6.45) is 10.6. The van der Waals surface area contributed by atoms with Crippen molar-refractivity contribution in [2.45, 2.75) is 78.2 Å². The summed E-state index contributed by atoms with van der Waals surface area (Å²) < 4.78 is 5.44. The fourth-order valence-electron chi connectivity index (χ4n) is 7.78. The third kappa shape index (κ3) is 5.74. The number of likely N-dealkylation sites (N-methyl/N-ethyl adjacent to an activating group) is 2. The number of carbonyl (C=O) groups is 2. The van der Waals surface area contributed by atoms with Gasteiger partial charge >= 0.3 is 5.97 Å². The molecule has 5 rings (SSSR count). The van der Waals surface area contributed by atoms with Gasteiger partial charge in [0.05, 0.1) is 18.3 Å². The van der Waals surface area contributed by atoms with Crippen molar-refractivity contribution in [3.8, 4) is 0 Å². The van der Waals surface area contributed by atoms with Crippen molar-refractivity contribution in [2.24, 2.45) is 0 Å². The number of amides is 1. The number of anilines is 2. The first-order chi connectivity index (χ1) is 21.7. The highest BCUT2D eigenvalue weighted by Crippen LogP contribution is 2.49. The second-order valence-electron chi connectivity index (χ2n) is 14.0. The molecule has 0 saturated carbocycles. The third-order valence-corrected chi connectivity index (χ3v) is 10.1. The molecule has 6 nitrogen and oxygen atoms in total. The summed E-state index contributed by atoms with van der Waals surface area (Å²) in [6.45, 7) is 18.6. The van der Waals surface area contributed by atoms with E-state index in [9.17, 15) is 9.59 Å². The predicted molar refractivity (Wildman–Crippen MR) is 189 cm³/mol. The molecule has 1 amide bonds. The maximum atomic E-state index is 13.2. The molecular weight excluding hydrogens is 570 g/mol. The van der Waals surface area contributed by atoms with E-state index in [1.165, 1.54) is 33.8 Å². The lowest BCUT2D eigenvalue weighted by Crippen LogP contribution is -2.37. The zero-order valence-electron chi connectivity index (χ0n) is 29.0. The van der Waals surface area contributed by atoms with Crippen LogP contribution in [0.4, 0.5) is 11.4 Å². The summed E-state index contributed by atoms with van der Waals surface area (Å²) in [5.41, 5.74) is 10.9. The number of carbonyl (C=O) groups excluding carboxylic acids is 2. The average Bonchev–Trinajstić information content (AvgIpc) is 3.55. The van der Waals surface area contributed by atoms with Crippen LogP contribution in [0.15, 0.2) is 101 Å². The monoisotopic (exact) mass is 619 g/mol. The fraction of sp³-hybridized carbons (Fsp3) is 0.400. The van der Waals surface area contributed by atoms with Crippen LogP contribution in [0, 0.1) is 6.92 Å². The molecule has 0 radical (unpaired) electrons. The number of para-hydroxylation sites is 1. The Morgan fingerprint density at radius 3 is 2.35 bits per heavy atom. The number of aryl methyl sites for hydroxylation is 1. The van der Waals surface area contributed by atoms with Crippen molar-refractivity contribution in [1.29, 1.82) is 0 Å². The molecule has 0 fully saturated rings. The Bertz CT molecular complexity index is 1700. The van der Waals surface area contributed by atoms with Gasteiger partial charge in [0.1, 0.15) is 6.61 Å². The Morgan fingerprint density at radius 2 is 1.70 bits per heavy atom. The minimum atomic E-state index is -0.447. The van der Waals surface area contributed by atoms with Crippen LogP contribution >= 0.6 is 0 Å². The number of hydrogen-bond acceptors (Lipinski definition) is 5. The van der Waals surface area contributed by atoms with Gasteiger partial charge in [-0.15, -0.1) is 0 Å². The molecule has 6 heteroatoms. The van der Waals surface area contributed by atoms with Gasteiger partial charge in [-0.2, -0.15) is 0 Å². The molecule has 0 N–H and O–H groups in total. The molecule has 2 aromatic carbocycles. The maximum absolute atomic E-state index is 13.2. The van der Waals surface area contributed by atoms with Gasteiger partial charge in [-0.3, -0.25) is 4.79 Å². The number of rotatable bonds is 8. The fourth-order valence-corrected chi connectivity index (χ4v) is 7.78. The van der Waals surface area contributed by atoms with Crippen LogP contribution in [-0.2, 0) is 25.2 Å². The molecule has 2 heterocycles. The standard InChI is InChI=1S/C40H49N3O3/c1-26(2)38(45)46-25-24-43(28(4)44)37-29(20-22-34-39(5,6)31-15-11-12-16-32(31)41(34)9)18-19-30(37)21-23-35-40(7,8)36-27(3)14-13-17-33(36)42(35)10/h11-17,20-23,34H,1,18-19,24-25H2,2-10H3/b22-20+,30-21+,35-23+. The summed E-state index contributed by atoms with van der Waals surface area (Å²) in [5.74, 6) is -0.531. The van der Waals surface area contributed by atoms with E-state index in [4.69, 9.17) is 4.74 Å². The first-order valence-electron chi connectivity index (χ1n) is 16.3. The number of esters is 1. The quantitative estimate of drug-likeness (QED) is 0.222. The zero-order chi connectivity index (χ0) is 33.6. The van der Waals surface area contributed by atoms with Gasteiger partial charge in [0, 0.05) is 54.5 Å². The molecule has 1 unspecified atom stereocenters. The van der Waals surface area contributed by atoms with Crippen LogP contribution < -0.4 is 9.80 Å². The van der Waals surface area contributed by atoms with Crippen molar-refractivity contribution < 1.29 is 14.3 Å². The highest BCUT2D eigenvalue weighted by Gasteiger charge is 2.42. The molecule has 2 aliphatic heterocycles. The van der Waals surface area contributed by atoms with Crippen LogP contribution in [0.2, 0.25) is 0 Å². The normalized spacial score (nSPS) is 21.4. The lowest BCUT2D eigenvalue weighted by atomic mass is 9.80. The molecule has 0 spiro atoms. The van der Waals surface area contributed by atoms with Crippen LogP contribution in [0.3, 0.4) is 0 Å². The summed E-state index contributed by atoms with van der Waals surface area (Å²) in [4.78, 5) is 31.8. The lowest BCUT2D eigenvalue weighted by Gasteiger charge is -2.30. The summed E-state index contributed by atoms with van der Waals surface area (Å²) in [6, 6.07) is 15.2. The number of hydrogen-bond donors (Lipinski definition) is 0. The van der Waals surface area contributed by atoms with Gasteiger partial charge in [0.25, 0.3) is 0 Å². The third-order valence-electron chi connectivity index (χ3n) is 10.1. The molecular formula is C40H49N3O3. The van der Waals surface area contributed by atoms with Crippen molar-refractivity contribution in [2.75, 3.05) is 37.0 Å². The van der Waals surface area contributed by atoms with E-state index in [1.807, 2.05) is 0 Å². The van der Waals surface area contributed by atoms with E-state index in [0.717, 1.165) is 29.7 Å². The van der Waals surface area contributed by atoms with Crippen LogP contribution in [0.1, 0.15) is 71.1 Å². The molecule has 1 atom stereocenters. The van der Waals surface area contributed by atoms with Gasteiger partial charge in [-0.25, -0.2) is 4.79 Å². The first kappa shape index (κ1) is 33.1. The van der Waals surface area contributed by atoms with E-state index in [2.05, 4.69) is 132 Å². The van der Waals surface area contributed by atoms with Gasteiger partial charge < -0.3 is 19.4 Å². The summed E-state index contributed by atoms with van der Waals surface area (Å²) in [5, 5.41) is 0. The van der Waals surface area contributed by atoms with Crippen molar-refractivity contribution >= 4 is 23.3 Å². The number of nitrogens with zero attached hydrogens (tertiary/aromatic N) is 3. The zero-order valence-corrected chi connectivity index (χ0v) is 29.0. The van der Waals surface area contributed by atoms with E-state index < -0.39 is 5.97 Å². The number of ether oxygens (including phenoxy) is 1. The molecule has 242 valence electrons. The van der Waals surface area contributed by atoms with Crippen molar-refractivity contribution in [3.63, 3.8) is 0 Å². The Labute approximate surface area is 275 Å². The first-order valence-corrected chi connectivity index (χ1v) is 16.3. The predicted octanol–water partition coefficient (Wildman–Crippen LogP) is 7.90. The van der Waals surface area contributed by atoms with E-state index in [0.29, 0.717) is 5.57 Å². The van der Waals surface area contributed by atoms with Crippen LogP contribution in [0.25, 0.3) is 0 Å². The highest BCUT2D eigenvalue weighted by molar-refractivity contribution is 5.87. The van der Waals surface area contributed by atoms with Gasteiger partial charge in [0.15, 0.2) is 0 Å². The second kappa shape index (κ2) is 12.5. The largest absolute Gasteiger partial charge is 0.460 e. The second-order valence-corrected chi connectivity index (χ2v) is 14.0. The Kier molecular flexibility index (Phi) is 8.96. The topological polar surface area (TPSA) is 53.1 Å². The highest BCUT2D eigenvalue weighted by atomic mass is 16.5. The Balaban J connectivity index is 1.55. The van der Waals surface area contributed by atoms with E-state index >= 15 is 0 Å². The van der Waals surface area contributed by atoms with Crippen molar-refractivity contribution in [1.82, 2.24) is 4.90 Å². The Hall–Kier alpha value is -4.32. The summed E-state index contributed by atoms with van der Waals surface area (Å²) >= 11 is 0. The minimum absolute atomic E-state index is 0.0763. The summed E-state index contributed by atoms with van der Waals surface area (Å²) in [7, 11) is 4.29. The van der Waals surface area contributed by atoms with Gasteiger partial charge in [0.2, 0.25) is 5.91 Å². The van der Waals surface area contributed by atoms with Crippen LogP contribution in [-0.4, -0.2) is 50.1 Å². The minimum Gasteiger partial charge on any atom is -0.460 e. The number of benzene rings is 2. The molecule has 1 aliphatic carbocycles. The molecule has 46 heavy (non-hydrogen) atoms. The maximum Gasteiger partial charge on any atom is 0.333 e. The van der Waals surface area contributed by atoms with E-state index in [-0.39, 0.29) is 35.9 Å². The van der Waals surface area contributed by atoms with Gasteiger partial charge in [-0.1, -0.05) is 82.8 Å². The SMILES string of the molecule is C=C(C)C(=O)OCCN(C(C)=O)C1=C(/C=C/C2N(C)c3ccccc3C2(C)C)CC/C1=C\C=C1\N(C)c2cccc(C)c2C1(C)C. The number of allylic oxidation sites excluding steroid dienone is 6. The molecule has 0 aromatic heterocycles. The van der Waals surface area contributed by atoms with E-state index in [1.54, 1.807) is 18.7 Å². The smallest absolute Gasteiger partial charge is 0.333 e. The number of fused-ring (bicyclic) bond motifs is 2. The van der Waals surface area contributed by atoms with Crippen molar-refractivity contribution in [3.05, 3.63) is 118 Å². The van der Waals surface area contributed by atoms with Gasteiger partial charge in [-0.05, 0) is 72.7 Å². The molecule has 3 aliphatic rings. The Morgan fingerprint density at radius 1 is 1.00 bits per heavy atom.